The second-order valence-corrected chi connectivity index (χ2v) is 14.0. The zero-order chi connectivity index (χ0) is 35.4. The van der Waals surface area contributed by atoms with Gasteiger partial charge in [0.1, 0.15) is 0 Å². The summed E-state index contributed by atoms with van der Waals surface area (Å²) in [6.45, 7) is 3.05. The van der Waals surface area contributed by atoms with Crippen molar-refractivity contribution in [3.05, 3.63) is 104 Å². The monoisotopic (exact) mass is 782 g/mol. The van der Waals surface area contributed by atoms with E-state index in [1.54, 1.807) is 72.8 Å². The molecule has 0 N–H and O–H groups in total. The number of carbonyl (C=O) groups excluding carboxylic acids is 6. The van der Waals surface area contributed by atoms with Crippen LogP contribution >= 0.6 is 31.9 Å². The van der Waals surface area contributed by atoms with Crippen molar-refractivity contribution in [2.45, 2.75) is 25.7 Å². The highest BCUT2D eigenvalue weighted by atomic mass is 79.9. The number of hydrogen-bond donors (Lipinski definition) is 0. The molecule has 4 unspecified atom stereocenters. The van der Waals surface area contributed by atoms with Crippen LogP contribution in [0.15, 0.2) is 81.7 Å². The lowest BCUT2D eigenvalue weighted by Gasteiger charge is -2.17. The molecule has 0 saturated heterocycles. The molecule has 0 amide bonds. The van der Waals surface area contributed by atoms with Crippen LogP contribution in [0.1, 0.15) is 57.5 Å². The summed E-state index contributed by atoms with van der Waals surface area (Å²) < 4.78 is 21.8. The molecule has 250 valence electrons. The first kappa shape index (κ1) is 35.2. The molecule has 0 radical (unpaired) electrons. The zero-order valence-electron chi connectivity index (χ0n) is 26.9. The number of carbonyl (C=O) groups is 6. The van der Waals surface area contributed by atoms with Crippen molar-refractivity contribution in [3.63, 3.8) is 0 Å². The van der Waals surface area contributed by atoms with Gasteiger partial charge in [-0.15, -0.1) is 0 Å². The van der Waals surface area contributed by atoms with Crippen molar-refractivity contribution in [1.82, 2.24) is 0 Å². The van der Waals surface area contributed by atoms with Gasteiger partial charge in [0.05, 0.1) is 39.3 Å². The number of methoxy groups -OCH3 is 4. The lowest BCUT2D eigenvalue weighted by molar-refractivity contribution is -0.164. The van der Waals surface area contributed by atoms with E-state index in [1.165, 1.54) is 13.8 Å². The number of rotatable bonds is 10. The van der Waals surface area contributed by atoms with E-state index >= 15 is 0 Å². The van der Waals surface area contributed by atoms with Crippen LogP contribution in [0.4, 0.5) is 0 Å². The standard InChI is InChI=1S/C36H32Br2O10/c1-33(27(39)21-11-15-23(37)16-12-21)25(35(33,29(41)45-3)30(42)46-4)19-7-9-20(10-8-19)26-34(2,28(40)22-13-17-24(38)18-14-22)36(26,31(43)47-5)32(44)48-6/h7-18,25-26H,1-6H3. The number of benzene rings is 3. The summed E-state index contributed by atoms with van der Waals surface area (Å²) in [5.41, 5.74) is -5.81. The number of ketones is 2. The molecule has 3 aromatic rings. The Morgan fingerprint density at radius 2 is 0.729 bits per heavy atom. The first-order valence-electron chi connectivity index (χ1n) is 14.7. The van der Waals surface area contributed by atoms with E-state index in [2.05, 4.69) is 31.9 Å². The smallest absolute Gasteiger partial charge is 0.324 e. The quantitative estimate of drug-likeness (QED) is 0.107. The molecule has 0 spiro atoms. The molecule has 48 heavy (non-hydrogen) atoms. The van der Waals surface area contributed by atoms with Gasteiger partial charge in [0.25, 0.3) is 0 Å². The Bertz CT molecular complexity index is 1670. The summed E-state index contributed by atoms with van der Waals surface area (Å²) in [6.07, 6.45) is 0. The van der Waals surface area contributed by atoms with Gasteiger partial charge in [-0.05, 0) is 49.2 Å². The minimum atomic E-state index is -2.00. The minimum absolute atomic E-state index is 0.276. The predicted octanol–water partition coefficient (Wildman–Crippen LogP) is 5.85. The summed E-state index contributed by atoms with van der Waals surface area (Å²) in [5.74, 6) is -6.66. The first-order chi connectivity index (χ1) is 22.7. The second kappa shape index (κ2) is 12.4. The number of esters is 4. The van der Waals surface area contributed by atoms with Crippen LogP contribution in [-0.2, 0) is 38.1 Å². The third-order valence-electron chi connectivity index (χ3n) is 10.3. The fraction of sp³-hybridized carbons (Fsp3) is 0.333. The summed E-state index contributed by atoms with van der Waals surface area (Å²) in [5, 5.41) is 0. The Morgan fingerprint density at radius 1 is 0.479 bits per heavy atom. The van der Waals surface area contributed by atoms with Crippen LogP contribution in [0.5, 0.6) is 0 Å². The molecule has 10 nitrogen and oxygen atoms in total. The van der Waals surface area contributed by atoms with Crippen LogP contribution in [0.25, 0.3) is 0 Å². The highest BCUT2D eigenvalue weighted by Crippen LogP contribution is 2.78. The minimum Gasteiger partial charge on any atom is -0.468 e. The van der Waals surface area contributed by atoms with Crippen molar-refractivity contribution in [3.8, 4) is 0 Å². The molecule has 0 heterocycles. The molecular formula is C36H32Br2O10. The lowest BCUT2D eigenvalue weighted by Crippen LogP contribution is -2.36. The van der Waals surface area contributed by atoms with Gasteiger partial charge in [-0.3, -0.25) is 28.8 Å². The molecule has 2 fully saturated rings. The van der Waals surface area contributed by atoms with Crippen LogP contribution in [-0.4, -0.2) is 63.9 Å². The molecule has 3 aromatic carbocycles. The highest BCUT2D eigenvalue weighted by Gasteiger charge is 2.88. The van der Waals surface area contributed by atoms with E-state index in [0.717, 1.165) is 37.4 Å². The van der Waals surface area contributed by atoms with Gasteiger partial charge in [0, 0.05) is 31.9 Å². The third kappa shape index (κ3) is 4.55. The van der Waals surface area contributed by atoms with E-state index < -0.39 is 68.9 Å². The maximum absolute atomic E-state index is 14.1. The first-order valence-corrected chi connectivity index (χ1v) is 16.3. The fourth-order valence-corrected chi connectivity index (χ4v) is 8.37. The lowest BCUT2D eigenvalue weighted by atomic mass is 9.86. The molecule has 5 rings (SSSR count). The average Bonchev–Trinajstić information content (AvgIpc) is 3.91. The molecule has 2 aliphatic rings. The molecule has 4 atom stereocenters. The van der Waals surface area contributed by atoms with Crippen LogP contribution in [0.3, 0.4) is 0 Å². The summed E-state index contributed by atoms with van der Waals surface area (Å²) in [6, 6.07) is 19.5. The SMILES string of the molecule is COC(=O)C1(C(=O)OC)C(c2ccc(C3C(C)(C(=O)c4ccc(Br)cc4)C3(C(=O)OC)C(=O)OC)cc2)C1(C)C(=O)c1ccc(Br)cc1. The second-order valence-electron chi connectivity index (χ2n) is 12.2. The highest BCUT2D eigenvalue weighted by molar-refractivity contribution is 9.10. The van der Waals surface area contributed by atoms with E-state index in [1.807, 2.05) is 0 Å². The van der Waals surface area contributed by atoms with E-state index in [0.29, 0.717) is 11.1 Å². The molecule has 0 aliphatic heterocycles. The summed E-state index contributed by atoms with van der Waals surface area (Å²) in [7, 11) is 4.52. The maximum Gasteiger partial charge on any atom is 0.324 e. The molecule has 2 aliphatic carbocycles. The van der Waals surface area contributed by atoms with Crippen molar-refractivity contribution in [2.24, 2.45) is 21.7 Å². The van der Waals surface area contributed by atoms with Gasteiger partial charge in [0.15, 0.2) is 22.4 Å². The predicted molar refractivity (Wildman–Crippen MR) is 178 cm³/mol. The Hall–Kier alpha value is -4.16. The normalized spacial score (nSPS) is 24.4. The maximum atomic E-state index is 14.1. The third-order valence-corrected chi connectivity index (χ3v) is 11.3. The number of ether oxygens (including phenoxy) is 4. The Balaban J connectivity index is 1.63. The number of hydrogen-bond acceptors (Lipinski definition) is 10. The van der Waals surface area contributed by atoms with E-state index in [9.17, 15) is 28.8 Å². The number of halogens is 2. The zero-order valence-corrected chi connectivity index (χ0v) is 30.1. The van der Waals surface area contributed by atoms with Gasteiger partial charge >= 0.3 is 23.9 Å². The Morgan fingerprint density at radius 3 is 0.958 bits per heavy atom. The Labute approximate surface area is 293 Å². The molecule has 0 bridgehead atoms. The van der Waals surface area contributed by atoms with Gasteiger partial charge in [-0.2, -0.15) is 0 Å². The van der Waals surface area contributed by atoms with Crippen LogP contribution in [0, 0.1) is 21.7 Å². The average molecular weight is 784 g/mol. The topological polar surface area (TPSA) is 139 Å². The molecule has 2 saturated carbocycles. The number of Topliss-reactive ketones (excluding diaryl/α,β-unsaturated/α-hetero) is 2. The molecular weight excluding hydrogens is 752 g/mol. The largest absolute Gasteiger partial charge is 0.468 e. The summed E-state index contributed by atoms with van der Waals surface area (Å²) in [4.78, 5) is 82.1. The van der Waals surface area contributed by atoms with Crippen molar-refractivity contribution in [1.29, 1.82) is 0 Å². The van der Waals surface area contributed by atoms with E-state index in [4.69, 9.17) is 18.9 Å². The molecule has 12 heteroatoms. The van der Waals surface area contributed by atoms with Gasteiger partial charge < -0.3 is 18.9 Å². The van der Waals surface area contributed by atoms with Crippen molar-refractivity contribution in [2.75, 3.05) is 28.4 Å². The van der Waals surface area contributed by atoms with Crippen molar-refractivity contribution < 1.29 is 47.7 Å². The van der Waals surface area contributed by atoms with Gasteiger partial charge in [0.2, 0.25) is 0 Å². The van der Waals surface area contributed by atoms with Gasteiger partial charge in [-0.1, -0.05) is 80.4 Å². The fourth-order valence-electron chi connectivity index (χ4n) is 7.84. The van der Waals surface area contributed by atoms with Crippen LogP contribution < -0.4 is 0 Å². The van der Waals surface area contributed by atoms with E-state index in [-0.39, 0.29) is 11.1 Å². The molecule has 0 aromatic heterocycles. The van der Waals surface area contributed by atoms with Crippen LogP contribution in [0.2, 0.25) is 0 Å². The Kier molecular flexibility index (Phi) is 9.07. The van der Waals surface area contributed by atoms with Crippen molar-refractivity contribution >= 4 is 67.3 Å². The van der Waals surface area contributed by atoms with Gasteiger partial charge in [-0.25, -0.2) is 0 Å². The summed E-state index contributed by atoms with van der Waals surface area (Å²) >= 11 is 6.70.